The summed E-state index contributed by atoms with van der Waals surface area (Å²) in [6.45, 7) is 10.1. The van der Waals surface area contributed by atoms with Crippen molar-refractivity contribution in [1.82, 2.24) is 14.7 Å². The Balaban J connectivity index is 1.38. The number of Topliss-reactive ketones (excluding diaryl/α,β-unsaturated/α-hetero) is 1. The lowest BCUT2D eigenvalue weighted by Gasteiger charge is -2.41. The second-order valence-electron chi connectivity index (χ2n) is 10.4. The third kappa shape index (κ3) is 6.25. The summed E-state index contributed by atoms with van der Waals surface area (Å²) in [6, 6.07) is 4.04. The van der Waals surface area contributed by atoms with Gasteiger partial charge in [0.25, 0.3) is 0 Å². The zero-order valence-corrected chi connectivity index (χ0v) is 22.0. The summed E-state index contributed by atoms with van der Waals surface area (Å²) in [4.78, 5) is 43.8. The number of halogens is 1. The van der Waals surface area contributed by atoms with Crippen LogP contribution in [0.1, 0.15) is 56.2 Å². The molecule has 3 aliphatic rings. The van der Waals surface area contributed by atoms with E-state index in [4.69, 9.17) is 16.3 Å². The Morgan fingerprint density at radius 1 is 1.06 bits per heavy atom. The van der Waals surface area contributed by atoms with Crippen molar-refractivity contribution in [2.24, 2.45) is 5.92 Å². The maximum absolute atomic E-state index is 13.0. The van der Waals surface area contributed by atoms with Crippen LogP contribution in [-0.2, 0) is 32.1 Å². The molecule has 2 amide bonds. The SMILES string of the molecule is CC(=O)N1CCOC(C(=O)Cc2cc(Cl)cc(CN3CCN(C(=O)C4CCCC4)[C@@H](C)C3)c2C)C1. The lowest BCUT2D eigenvalue weighted by molar-refractivity contribution is -0.144. The Hall–Kier alpha value is -1.96. The van der Waals surface area contributed by atoms with Crippen molar-refractivity contribution < 1.29 is 19.1 Å². The number of morpholine rings is 1. The molecule has 1 aliphatic carbocycles. The lowest BCUT2D eigenvalue weighted by Crippen LogP contribution is -2.54. The summed E-state index contributed by atoms with van der Waals surface area (Å²) >= 11 is 6.47. The van der Waals surface area contributed by atoms with E-state index in [0.717, 1.165) is 55.7 Å². The summed E-state index contributed by atoms with van der Waals surface area (Å²) < 4.78 is 5.68. The molecule has 1 unspecified atom stereocenters. The molecule has 192 valence electrons. The Bertz CT molecular complexity index is 962. The molecule has 1 aromatic carbocycles. The second kappa shape index (κ2) is 11.4. The number of amides is 2. The van der Waals surface area contributed by atoms with E-state index in [-0.39, 0.29) is 30.1 Å². The van der Waals surface area contributed by atoms with E-state index >= 15 is 0 Å². The number of nitrogens with zero attached hydrogens (tertiary/aromatic N) is 3. The number of hydrogen-bond donors (Lipinski definition) is 0. The molecule has 2 saturated heterocycles. The van der Waals surface area contributed by atoms with Crippen LogP contribution >= 0.6 is 11.6 Å². The maximum atomic E-state index is 13.0. The minimum Gasteiger partial charge on any atom is -0.367 e. The highest BCUT2D eigenvalue weighted by atomic mass is 35.5. The van der Waals surface area contributed by atoms with Gasteiger partial charge in [-0.05, 0) is 55.5 Å². The molecular formula is C27H38ClN3O4. The molecule has 1 aromatic rings. The third-order valence-corrected chi connectivity index (χ3v) is 8.13. The molecule has 0 bridgehead atoms. The Morgan fingerprint density at radius 3 is 2.46 bits per heavy atom. The van der Waals surface area contributed by atoms with Gasteiger partial charge in [0.1, 0.15) is 6.10 Å². The number of piperazine rings is 1. The van der Waals surface area contributed by atoms with Crippen molar-refractivity contribution in [2.75, 3.05) is 39.3 Å². The number of benzene rings is 1. The lowest BCUT2D eigenvalue weighted by atomic mass is 9.95. The zero-order valence-electron chi connectivity index (χ0n) is 21.2. The smallest absolute Gasteiger partial charge is 0.226 e. The van der Waals surface area contributed by atoms with Crippen molar-refractivity contribution in [3.05, 3.63) is 33.8 Å². The van der Waals surface area contributed by atoms with Crippen LogP contribution in [0.4, 0.5) is 0 Å². The third-order valence-electron chi connectivity index (χ3n) is 7.92. The van der Waals surface area contributed by atoms with E-state index in [0.29, 0.717) is 30.6 Å². The molecule has 3 fully saturated rings. The standard InChI is InChI=1S/C27H38ClN3O4/c1-18-15-29(8-9-31(18)27(34)21-6-4-5-7-21)16-23-13-24(28)12-22(19(23)2)14-25(33)26-17-30(20(3)32)10-11-35-26/h12-13,18,21,26H,4-11,14-17H2,1-3H3/t18-,26?/m0/s1. The predicted molar refractivity (Wildman–Crippen MR) is 135 cm³/mol. The van der Waals surface area contributed by atoms with Crippen molar-refractivity contribution in [3.63, 3.8) is 0 Å². The quantitative estimate of drug-likeness (QED) is 0.596. The fourth-order valence-corrected chi connectivity index (χ4v) is 5.99. The van der Waals surface area contributed by atoms with Gasteiger partial charge in [0.05, 0.1) is 13.2 Å². The fourth-order valence-electron chi connectivity index (χ4n) is 5.73. The van der Waals surface area contributed by atoms with Crippen LogP contribution in [0.15, 0.2) is 12.1 Å². The monoisotopic (exact) mass is 503 g/mol. The summed E-state index contributed by atoms with van der Waals surface area (Å²) in [7, 11) is 0. The van der Waals surface area contributed by atoms with Gasteiger partial charge in [0.15, 0.2) is 5.78 Å². The molecule has 2 atom stereocenters. The molecule has 7 nitrogen and oxygen atoms in total. The molecule has 1 saturated carbocycles. The van der Waals surface area contributed by atoms with Gasteiger partial charge in [-0.3, -0.25) is 19.3 Å². The minimum absolute atomic E-state index is 0.0278. The van der Waals surface area contributed by atoms with Crippen molar-refractivity contribution in [3.8, 4) is 0 Å². The summed E-state index contributed by atoms with van der Waals surface area (Å²) in [5.41, 5.74) is 3.08. The number of hydrogen-bond acceptors (Lipinski definition) is 5. The summed E-state index contributed by atoms with van der Waals surface area (Å²) in [5.74, 6) is 0.490. The van der Waals surface area contributed by atoms with E-state index < -0.39 is 6.10 Å². The number of ether oxygens (including phenoxy) is 1. The molecule has 4 rings (SSSR count). The first-order valence-corrected chi connectivity index (χ1v) is 13.3. The number of carbonyl (C=O) groups is 3. The number of ketones is 1. The number of rotatable bonds is 6. The van der Waals surface area contributed by atoms with E-state index in [1.54, 1.807) is 4.90 Å². The van der Waals surface area contributed by atoms with Crippen LogP contribution in [0.25, 0.3) is 0 Å². The summed E-state index contributed by atoms with van der Waals surface area (Å²) in [5, 5.41) is 0.617. The predicted octanol–water partition coefficient (Wildman–Crippen LogP) is 3.23. The highest BCUT2D eigenvalue weighted by molar-refractivity contribution is 6.30. The van der Waals surface area contributed by atoms with Gasteiger partial charge in [-0.15, -0.1) is 0 Å². The van der Waals surface area contributed by atoms with Crippen LogP contribution in [0.5, 0.6) is 0 Å². The normalized spacial score (nSPS) is 24.1. The minimum atomic E-state index is -0.596. The van der Waals surface area contributed by atoms with Crippen LogP contribution in [0.3, 0.4) is 0 Å². The molecule has 0 N–H and O–H groups in total. The van der Waals surface area contributed by atoms with Crippen LogP contribution < -0.4 is 0 Å². The molecule has 8 heteroatoms. The molecule has 0 spiro atoms. The molecule has 2 aliphatic heterocycles. The first kappa shape index (κ1) is 26.1. The van der Waals surface area contributed by atoms with E-state index in [2.05, 4.69) is 16.7 Å². The van der Waals surface area contributed by atoms with Gasteiger partial charge >= 0.3 is 0 Å². The largest absolute Gasteiger partial charge is 0.367 e. The van der Waals surface area contributed by atoms with Crippen LogP contribution in [0.2, 0.25) is 5.02 Å². The van der Waals surface area contributed by atoms with E-state index in [9.17, 15) is 14.4 Å². The topological polar surface area (TPSA) is 70.2 Å². The molecule has 0 radical (unpaired) electrons. The second-order valence-corrected chi connectivity index (χ2v) is 10.9. The first-order valence-electron chi connectivity index (χ1n) is 12.9. The van der Waals surface area contributed by atoms with Gasteiger partial charge in [0.2, 0.25) is 11.8 Å². The van der Waals surface area contributed by atoms with E-state index in [1.807, 2.05) is 19.1 Å². The van der Waals surface area contributed by atoms with Gasteiger partial charge in [-0.1, -0.05) is 24.4 Å². The van der Waals surface area contributed by atoms with Crippen molar-refractivity contribution in [2.45, 2.75) is 71.6 Å². The summed E-state index contributed by atoms with van der Waals surface area (Å²) in [6.07, 6.45) is 4.05. The molecular weight excluding hydrogens is 466 g/mol. The van der Waals surface area contributed by atoms with Crippen molar-refractivity contribution in [1.29, 1.82) is 0 Å². The number of carbonyl (C=O) groups excluding carboxylic acids is 3. The zero-order chi connectivity index (χ0) is 25.1. The fraction of sp³-hybridized carbons (Fsp3) is 0.667. The Kier molecular flexibility index (Phi) is 8.50. The van der Waals surface area contributed by atoms with Crippen LogP contribution in [0, 0.1) is 12.8 Å². The van der Waals surface area contributed by atoms with Gasteiger partial charge in [0, 0.05) is 63.1 Å². The van der Waals surface area contributed by atoms with Crippen molar-refractivity contribution >= 4 is 29.2 Å². The first-order chi connectivity index (χ1) is 16.7. The molecule has 2 heterocycles. The highest BCUT2D eigenvalue weighted by Crippen LogP contribution is 2.29. The van der Waals surface area contributed by atoms with E-state index in [1.165, 1.54) is 19.8 Å². The molecule has 0 aromatic heterocycles. The highest BCUT2D eigenvalue weighted by Gasteiger charge is 2.33. The molecule has 35 heavy (non-hydrogen) atoms. The Labute approximate surface area is 213 Å². The Morgan fingerprint density at radius 2 is 1.77 bits per heavy atom. The van der Waals surface area contributed by atoms with Gasteiger partial charge in [-0.2, -0.15) is 0 Å². The van der Waals surface area contributed by atoms with Crippen LogP contribution in [-0.4, -0.2) is 83.8 Å². The van der Waals surface area contributed by atoms with Gasteiger partial charge < -0.3 is 14.5 Å². The maximum Gasteiger partial charge on any atom is 0.226 e. The van der Waals surface area contributed by atoms with Gasteiger partial charge in [-0.25, -0.2) is 0 Å². The average molecular weight is 504 g/mol. The average Bonchev–Trinajstić information content (AvgIpc) is 3.37.